The minimum absolute atomic E-state index is 0.0418. The maximum atomic E-state index is 12.7. The van der Waals surface area contributed by atoms with Crippen LogP contribution in [-0.2, 0) is 20.9 Å². The minimum Gasteiger partial charge on any atom is -0.469 e. The Morgan fingerprint density at radius 2 is 1.74 bits per heavy atom. The van der Waals surface area contributed by atoms with E-state index in [0.29, 0.717) is 24.3 Å². The number of anilines is 1. The molecule has 3 rings (SSSR count). The van der Waals surface area contributed by atoms with Gasteiger partial charge in [-0.25, -0.2) is 0 Å². The molecule has 8 heteroatoms. The van der Waals surface area contributed by atoms with Crippen molar-refractivity contribution < 1.29 is 23.9 Å². The summed E-state index contributed by atoms with van der Waals surface area (Å²) in [4.78, 5) is 51.7. The fourth-order valence-corrected chi connectivity index (χ4v) is 3.53. The molecular weight excluding hydrogens is 398 g/mol. The van der Waals surface area contributed by atoms with E-state index in [1.165, 1.54) is 26.3 Å². The van der Waals surface area contributed by atoms with Gasteiger partial charge in [-0.2, -0.15) is 0 Å². The maximum absolute atomic E-state index is 12.7. The molecular formula is C23H25N3O5. The molecule has 162 valence electrons. The van der Waals surface area contributed by atoms with E-state index in [-0.39, 0.29) is 29.9 Å². The first-order valence-corrected chi connectivity index (χ1v) is 9.90. The third kappa shape index (κ3) is 5.16. The molecule has 0 spiro atoms. The average molecular weight is 423 g/mol. The molecule has 0 aliphatic carbocycles. The topological polar surface area (TPSA) is 96.0 Å². The molecule has 1 heterocycles. The Morgan fingerprint density at radius 3 is 2.42 bits per heavy atom. The van der Waals surface area contributed by atoms with Gasteiger partial charge in [-0.3, -0.25) is 29.0 Å². The highest BCUT2D eigenvalue weighted by molar-refractivity contribution is 6.21. The van der Waals surface area contributed by atoms with E-state index < -0.39 is 11.8 Å². The zero-order valence-corrected chi connectivity index (χ0v) is 17.8. The van der Waals surface area contributed by atoms with Crippen molar-refractivity contribution in [2.24, 2.45) is 5.92 Å². The average Bonchev–Trinajstić information content (AvgIpc) is 2.97. The van der Waals surface area contributed by atoms with Gasteiger partial charge in [0.1, 0.15) is 0 Å². The number of hydrogen-bond acceptors (Lipinski definition) is 6. The third-order valence-electron chi connectivity index (χ3n) is 5.13. The number of hydrogen-bond donors (Lipinski definition) is 1. The van der Waals surface area contributed by atoms with Crippen molar-refractivity contribution in [1.29, 1.82) is 0 Å². The van der Waals surface area contributed by atoms with Crippen molar-refractivity contribution >= 4 is 29.4 Å². The van der Waals surface area contributed by atoms with Crippen LogP contribution in [0.25, 0.3) is 0 Å². The van der Waals surface area contributed by atoms with E-state index in [1.807, 2.05) is 35.2 Å². The van der Waals surface area contributed by atoms with Crippen LogP contribution in [0.5, 0.6) is 0 Å². The Morgan fingerprint density at radius 1 is 1.06 bits per heavy atom. The number of nitrogens with one attached hydrogen (secondary N) is 1. The highest BCUT2D eigenvalue weighted by Gasteiger charge is 2.32. The predicted molar refractivity (Wildman–Crippen MR) is 114 cm³/mol. The van der Waals surface area contributed by atoms with Crippen LogP contribution in [0.2, 0.25) is 0 Å². The van der Waals surface area contributed by atoms with Gasteiger partial charge in [0.15, 0.2) is 0 Å². The van der Waals surface area contributed by atoms with Crippen LogP contribution in [0.15, 0.2) is 48.5 Å². The minimum atomic E-state index is -0.402. The second kappa shape index (κ2) is 9.53. The van der Waals surface area contributed by atoms with Gasteiger partial charge >= 0.3 is 5.97 Å². The summed E-state index contributed by atoms with van der Waals surface area (Å²) in [6, 6.07) is 14.3. The van der Waals surface area contributed by atoms with Gasteiger partial charge in [0.05, 0.1) is 30.7 Å². The lowest BCUT2D eigenvalue weighted by Gasteiger charge is -2.24. The first kappa shape index (κ1) is 22.2. The molecule has 0 radical (unpaired) electrons. The van der Waals surface area contributed by atoms with Crippen LogP contribution in [0.4, 0.5) is 5.69 Å². The van der Waals surface area contributed by atoms with E-state index in [0.717, 1.165) is 10.5 Å². The van der Waals surface area contributed by atoms with Gasteiger partial charge in [-0.15, -0.1) is 0 Å². The molecule has 1 N–H and O–H groups in total. The van der Waals surface area contributed by atoms with Crippen LogP contribution >= 0.6 is 0 Å². The number of carbonyl (C=O) groups is 4. The number of carbonyl (C=O) groups excluding carboxylic acids is 4. The molecule has 8 nitrogen and oxygen atoms in total. The molecule has 31 heavy (non-hydrogen) atoms. The quantitative estimate of drug-likeness (QED) is 0.516. The van der Waals surface area contributed by atoms with Crippen molar-refractivity contribution in [2.45, 2.75) is 13.5 Å². The molecule has 1 unspecified atom stereocenters. The standard InChI is InChI=1S/C23H25N3O5/c1-15(23(30)31-3)12-26(13-16-7-5-4-6-8-16)14-20(27)24-17-9-10-18-19(11-17)22(29)25(2)21(18)28/h4-11,15H,12-14H2,1-3H3,(H,24,27). The lowest BCUT2D eigenvalue weighted by atomic mass is 10.1. The van der Waals surface area contributed by atoms with Gasteiger partial charge in [0, 0.05) is 25.8 Å². The van der Waals surface area contributed by atoms with Gasteiger partial charge in [0.2, 0.25) is 5.91 Å². The van der Waals surface area contributed by atoms with Crippen LogP contribution in [-0.4, -0.2) is 60.7 Å². The Hall–Kier alpha value is -3.52. The van der Waals surface area contributed by atoms with Crippen molar-refractivity contribution in [3.8, 4) is 0 Å². The summed E-state index contributed by atoms with van der Waals surface area (Å²) in [6.07, 6.45) is 0. The number of benzene rings is 2. The summed E-state index contributed by atoms with van der Waals surface area (Å²) in [5.74, 6) is -1.79. The number of ether oxygens (including phenoxy) is 1. The lowest BCUT2D eigenvalue weighted by Crippen LogP contribution is -2.37. The summed E-state index contributed by atoms with van der Waals surface area (Å²) < 4.78 is 4.80. The van der Waals surface area contributed by atoms with Crippen LogP contribution < -0.4 is 5.32 Å². The first-order valence-electron chi connectivity index (χ1n) is 9.90. The SMILES string of the molecule is COC(=O)C(C)CN(CC(=O)Nc1ccc2c(c1)C(=O)N(C)C2=O)Cc1ccccc1. The van der Waals surface area contributed by atoms with Crippen molar-refractivity contribution in [1.82, 2.24) is 9.80 Å². The van der Waals surface area contributed by atoms with E-state index in [1.54, 1.807) is 13.0 Å². The van der Waals surface area contributed by atoms with Crippen molar-refractivity contribution in [2.75, 3.05) is 32.6 Å². The zero-order chi connectivity index (χ0) is 22.5. The van der Waals surface area contributed by atoms with Crippen LogP contribution in [0.3, 0.4) is 0 Å². The molecule has 0 fully saturated rings. The number of amides is 3. The third-order valence-corrected chi connectivity index (χ3v) is 5.13. The zero-order valence-electron chi connectivity index (χ0n) is 17.8. The van der Waals surface area contributed by atoms with Gasteiger partial charge in [-0.05, 0) is 23.8 Å². The van der Waals surface area contributed by atoms with Crippen molar-refractivity contribution in [3.63, 3.8) is 0 Å². The second-order valence-corrected chi connectivity index (χ2v) is 7.56. The highest BCUT2D eigenvalue weighted by Crippen LogP contribution is 2.24. The normalized spacial score (nSPS) is 13.9. The molecule has 1 aliphatic heterocycles. The molecule has 3 amide bonds. The number of imide groups is 1. The van der Waals surface area contributed by atoms with E-state index >= 15 is 0 Å². The Labute approximate surface area is 180 Å². The Bertz CT molecular complexity index is 1010. The first-order chi connectivity index (χ1) is 14.8. The fraction of sp³-hybridized carbons (Fsp3) is 0.304. The summed E-state index contributed by atoms with van der Waals surface area (Å²) in [5.41, 5.74) is 2.03. The monoisotopic (exact) mass is 423 g/mol. The summed E-state index contributed by atoms with van der Waals surface area (Å²) in [5, 5.41) is 2.78. The lowest BCUT2D eigenvalue weighted by molar-refractivity contribution is -0.145. The number of methoxy groups -OCH3 is 1. The van der Waals surface area contributed by atoms with E-state index in [4.69, 9.17) is 4.74 Å². The molecule has 1 aliphatic rings. The maximum Gasteiger partial charge on any atom is 0.309 e. The van der Waals surface area contributed by atoms with Crippen molar-refractivity contribution in [3.05, 3.63) is 65.2 Å². The molecule has 2 aromatic carbocycles. The second-order valence-electron chi connectivity index (χ2n) is 7.56. The molecule has 0 bridgehead atoms. The molecule has 0 aromatic heterocycles. The smallest absolute Gasteiger partial charge is 0.309 e. The van der Waals surface area contributed by atoms with E-state index in [9.17, 15) is 19.2 Å². The number of esters is 1. The Balaban J connectivity index is 1.70. The predicted octanol–water partition coefficient (Wildman–Crippen LogP) is 2.16. The molecule has 2 aromatic rings. The van der Waals surface area contributed by atoms with Gasteiger partial charge in [-0.1, -0.05) is 37.3 Å². The van der Waals surface area contributed by atoms with Crippen LogP contribution in [0.1, 0.15) is 33.2 Å². The number of rotatable bonds is 8. The summed E-state index contributed by atoms with van der Waals surface area (Å²) >= 11 is 0. The number of nitrogens with zero attached hydrogens (tertiary/aromatic N) is 2. The van der Waals surface area contributed by atoms with Gasteiger partial charge < -0.3 is 10.1 Å². The molecule has 0 saturated carbocycles. The van der Waals surface area contributed by atoms with Crippen LogP contribution in [0, 0.1) is 5.92 Å². The summed E-state index contributed by atoms with van der Waals surface area (Å²) in [7, 11) is 2.76. The van der Waals surface area contributed by atoms with E-state index in [2.05, 4.69) is 5.32 Å². The molecule has 0 saturated heterocycles. The Kier molecular flexibility index (Phi) is 6.81. The fourth-order valence-electron chi connectivity index (χ4n) is 3.53. The summed E-state index contributed by atoms with van der Waals surface area (Å²) in [6.45, 7) is 2.62. The number of fused-ring (bicyclic) bond motifs is 1. The largest absolute Gasteiger partial charge is 0.469 e. The van der Waals surface area contributed by atoms with Gasteiger partial charge in [0.25, 0.3) is 11.8 Å². The highest BCUT2D eigenvalue weighted by atomic mass is 16.5. The molecule has 1 atom stereocenters.